The molecule has 19 heavy (non-hydrogen) atoms. The van der Waals surface area contributed by atoms with Crippen molar-refractivity contribution in [2.24, 2.45) is 0 Å². The summed E-state index contributed by atoms with van der Waals surface area (Å²) in [6.07, 6.45) is 2.66. The molecule has 0 spiro atoms. The van der Waals surface area contributed by atoms with Crippen LogP contribution in [0.2, 0.25) is 0 Å². The first-order chi connectivity index (χ1) is 9.31. The minimum absolute atomic E-state index is 0.227. The zero-order valence-corrected chi connectivity index (χ0v) is 10.6. The number of hydrogen-bond acceptors (Lipinski definition) is 4. The monoisotopic (exact) mass is 261 g/mol. The van der Waals surface area contributed by atoms with Gasteiger partial charge < -0.3 is 5.32 Å². The number of nitrogens with one attached hydrogen (secondary N) is 1. The molecule has 1 aromatic heterocycles. The van der Waals surface area contributed by atoms with Gasteiger partial charge in [0.15, 0.2) is 5.82 Å². The highest BCUT2D eigenvalue weighted by Crippen LogP contribution is 2.16. The molecule has 2 aromatic rings. The van der Waals surface area contributed by atoms with E-state index in [1.165, 1.54) is 12.1 Å². The van der Waals surface area contributed by atoms with E-state index in [0.29, 0.717) is 18.3 Å². The van der Waals surface area contributed by atoms with Crippen LogP contribution < -0.4 is 5.32 Å². The highest BCUT2D eigenvalue weighted by molar-refractivity contribution is 5.19. The van der Waals surface area contributed by atoms with Crippen molar-refractivity contribution in [1.82, 2.24) is 25.5 Å². The predicted octanol–water partition coefficient (Wildman–Crippen LogP) is 1.33. The fourth-order valence-corrected chi connectivity index (χ4v) is 2.30. The largest absolute Gasteiger partial charge is 0.317 e. The lowest BCUT2D eigenvalue weighted by Gasteiger charge is -2.20. The first kappa shape index (κ1) is 12.2. The summed E-state index contributed by atoms with van der Waals surface area (Å²) in [7, 11) is 0. The van der Waals surface area contributed by atoms with Gasteiger partial charge >= 0.3 is 0 Å². The Kier molecular flexibility index (Phi) is 3.50. The van der Waals surface area contributed by atoms with Crippen molar-refractivity contribution in [2.45, 2.75) is 25.3 Å². The second-order valence-electron chi connectivity index (χ2n) is 4.81. The van der Waals surface area contributed by atoms with Crippen molar-refractivity contribution in [3.05, 3.63) is 41.5 Å². The van der Waals surface area contributed by atoms with Gasteiger partial charge in [-0.15, -0.1) is 10.2 Å². The molecule has 100 valence electrons. The zero-order valence-electron chi connectivity index (χ0n) is 10.6. The molecule has 1 aliphatic rings. The molecule has 0 atom stereocenters. The van der Waals surface area contributed by atoms with E-state index in [2.05, 4.69) is 20.7 Å². The molecule has 0 radical (unpaired) electrons. The number of hydrogen-bond donors (Lipinski definition) is 1. The zero-order chi connectivity index (χ0) is 13.1. The Morgan fingerprint density at radius 1 is 1.21 bits per heavy atom. The first-order valence-electron chi connectivity index (χ1n) is 6.55. The van der Waals surface area contributed by atoms with Gasteiger partial charge in [0.2, 0.25) is 0 Å². The Morgan fingerprint density at radius 2 is 1.95 bits per heavy atom. The third-order valence-electron chi connectivity index (χ3n) is 3.38. The Morgan fingerprint density at radius 3 is 2.68 bits per heavy atom. The third kappa shape index (κ3) is 2.96. The summed E-state index contributed by atoms with van der Waals surface area (Å²) in [5.41, 5.74) is 0.992. The van der Waals surface area contributed by atoms with E-state index in [4.69, 9.17) is 0 Å². The second kappa shape index (κ2) is 5.44. The molecule has 0 amide bonds. The molecule has 0 unspecified atom stereocenters. The van der Waals surface area contributed by atoms with Crippen LogP contribution in [0.25, 0.3) is 0 Å². The van der Waals surface area contributed by atoms with Gasteiger partial charge in [0.25, 0.3) is 0 Å². The van der Waals surface area contributed by atoms with Gasteiger partial charge in [-0.2, -0.15) is 4.80 Å². The summed E-state index contributed by atoms with van der Waals surface area (Å²) in [5, 5.41) is 15.9. The Bertz CT molecular complexity index is 530. The maximum Gasteiger partial charge on any atom is 0.179 e. The number of halogens is 1. The van der Waals surface area contributed by atoms with Crippen LogP contribution in [0.4, 0.5) is 4.39 Å². The van der Waals surface area contributed by atoms with Crippen molar-refractivity contribution >= 4 is 0 Å². The summed E-state index contributed by atoms with van der Waals surface area (Å²) >= 11 is 0. The van der Waals surface area contributed by atoms with E-state index in [-0.39, 0.29) is 5.82 Å². The summed E-state index contributed by atoms with van der Waals surface area (Å²) in [6.45, 7) is 2.00. The molecule has 0 aliphatic carbocycles. The fourth-order valence-electron chi connectivity index (χ4n) is 2.30. The standard InChI is InChI=1S/C13H16FN5/c14-11-3-1-10(2-4-11)9-13-16-18-19(17-13)12-5-7-15-8-6-12/h1-4,12,15H,5-9H2. The molecule has 2 heterocycles. The number of benzene rings is 1. The van der Waals surface area contributed by atoms with E-state index < -0.39 is 0 Å². The molecule has 6 heteroatoms. The van der Waals surface area contributed by atoms with E-state index in [1.54, 1.807) is 16.9 Å². The van der Waals surface area contributed by atoms with Crippen molar-refractivity contribution in [3.63, 3.8) is 0 Å². The molecule has 1 fully saturated rings. The molecular weight excluding hydrogens is 245 g/mol. The number of tetrazole rings is 1. The van der Waals surface area contributed by atoms with Crippen molar-refractivity contribution in [1.29, 1.82) is 0 Å². The quantitative estimate of drug-likeness (QED) is 0.905. The van der Waals surface area contributed by atoms with Crippen LogP contribution >= 0.6 is 0 Å². The highest BCUT2D eigenvalue weighted by atomic mass is 19.1. The number of aromatic nitrogens is 4. The fraction of sp³-hybridized carbons (Fsp3) is 0.462. The molecule has 1 aliphatic heterocycles. The van der Waals surface area contributed by atoms with Gasteiger partial charge in [0, 0.05) is 6.42 Å². The van der Waals surface area contributed by atoms with Crippen LogP contribution in [0, 0.1) is 5.82 Å². The Labute approximate surface area is 110 Å². The van der Waals surface area contributed by atoms with Gasteiger partial charge in [0.05, 0.1) is 6.04 Å². The lowest BCUT2D eigenvalue weighted by Crippen LogP contribution is -2.30. The second-order valence-corrected chi connectivity index (χ2v) is 4.81. The van der Waals surface area contributed by atoms with Gasteiger partial charge in [-0.05, 0) is 48.8 Å². The van der Waals surface area contributed by atoms with Crippen LogP contribution in [0.1, 0.15) is 30.3 Å². The lowest BCUT2D eigenvalue weighted by atomic mass is 10.1. The number of piperidine rings is 1. The maximum absolute atomic E-state index is 12.8. The summed E-state index contributed by atoms with van der Waals surface area (Å²) in [4.78, 5) is 1.72. The minimum Gasteiger partial charge on any atom is -0.317 e. The van der Waals surface area contributed by atoms with E-state index in [0.717, 1.165) is 31.5 Å². The van der Waals surface area contributed by atoms with Gasteiger partial charge in [-0.3, -0.25) is 0 Å². The average molecular weight is 261 g/mol. The smallest absolute Gasteiger partial charge is 0.179 e. The molecule has 1 aromatic carbocycles. The van der Waals surface area contributed by atoms with Crippen molar-refractivity contribution < 1.29 is 4.39 Å². The molecule has 1 saturated heterocycles. The van der Waals surface area contributed by atoms with E-state index >= 15 is 0 Å². The highest BCUT2D eigenvalue weighted by Gasteiger charge is 2.17. The first-order valence-corrected chi connectivity index (χ1v) is 6.55. The lowest BCUT2D eigenvalue weighted by molar-refractivity contribution is 0.308. The summed E-state index contributed by atoms with van der Waals surface area (Å²) in [6, 6.07) is 6.75. The number of rotatable bonds is 3. The molecule has 3 rings (SSSR count). The van der Waals surface area contributed by atoms with Crippen molar-refractivity contribution in [2.75, 3.05) is 13.1 Å². The molecule has 5 nitrogen and oxygen atoms in total. The van der Waals surface area contributed by atoms with E-state index in [1.807, 2.05) is 0 Å². The number of nitrogens with zero attached hydrogens (tertiary/aromatic N) is 4. The Balaban J connectivity index is 1.68. The summed E-state index contributed by atoms with van der Waals surface area (Å²) < 4.78 is 12.8. The molecule has 0 bridgehead atoms. The Hall–Kier alpha value is -1.82. The van der Waals surface area contributed by atoms with Gasteiger partial charge in [0.1, 0.15) is 5.82 Å². The van der Waals surface area contributed by atoms with Gasteiger partial charge in [-0.1, -0.05) is 12.1 Å². The molecular formula is C13H16FN5. The van der Waals surface area contributed by atoms with Crippen LogP contribution in [0.15, 0.2) is 24.3 Å². The van der Waals surface area contributed by atoms with E-state index in [9.17, 15) is 4.39 Å². The SMILES string of the molecule is Fc1ccc(Cc2nnn(C3CCNCC3)n2)cc1. The minimum atomic E-state index is -0.227. The molecule has 0 saturated carbocycles. The normalized spacial score (nSPS) is 16.7. The van der Waals surface area contributed by atoms with Gasteiger partial charge in [-0.25, -0.2) is 4.39 Å². The average Bonchev–Trinajstić information content (AvgIpc) is 2.91. The van der Waals surface area contributed by atoms with Crippen molar-refractivity contribution in [3.8, 4) is 0 Å². The van der Waals surface area contributed by atoms with Crippen LogP contribution in [0.5, 0.6) is 0 Å². The van der Waals surface area contributed by atoms with Crippen LogP contribution in [-0.4, -0.2) is 33.3 Å². The predicted molar refractivity (Wildman–Crippen MR) is 68.2 cm³/mol. The summed E-state index contributed by atoms with van der Waals surface area (Å²) in [5.74, 6) is 0.459. The third-order valence-corrected chi connectivity index (χ3v) is 3.38. The molecule has 1 N–H and O–H groups in total. The van der Waals surface area contributed by atoms with Crippen LogP contribution in [0.3, 0.4) is 0 Å². The maximum atomic E-state index is 12.8. The van der Waals surface area contributed by atoms with Crippen LogP contribution in [-0.2, 0) is 6.42 Å². The topological polar surface area (TPSA) is 55.6 Å².